The summed E-state index contributed by atoms with van der Waals surface area (Å²) in [6.45, 7) is 4.25. The van der Waals surface area contributed by atoms with Crippen molar-refractivity contribution in [1.29, 1.82) is 0 Å². The molecule has 0 amide bonds. The van der Waals surface area contributed by atoms with Gasteiger partial charge in [-0.25, -0.2) is 4.79 Å². The number of hydrogen-bond donors (Lipinski definition) is 3. The normalized spacial score (nSPS) is 12.2. The second-order valence-corrected chi connectivity index (χ2v) is 3.61. The molecule has 1 unspecified atom stereocenters. The second-order valence-electron chi connectivity index (χ2n) is 3.61. The fraction of sp³-hybridized carbons (Fsp3) is 0.364. The molecule has 5 N–H and O–H groups in total. The van der Waals surface area contributed by atoms with Gasteiger partial charge in [-0.1, -0.05) is 0 Å². The maximum absolute atomic E-state index is 10.8. The number of anilines is 2. The highest BCUT2D eigenvalue weighted by Crippen LogP contribution is 2.21. The number of benzene rings is 1. The molecule has 0 saturated carbocycles. The smallest absolute Gasteiger partial charge is 0.341 e. The molecule has 0 aromatic heterocycles. The molecule has 0 aliphatic heterocycles. The zero-order valence-electron chi connectivity index (χ0n) is 9.47. The van der Waals surface area contributed by atoms with E-state index in [4.69, 9.17) is 16.6 Å². The number of aliphatic carboxylic acids is 1. The van der Waals surface area contributed by atoms with E-state index in [0.29, 0.717) is 12.2 Å². The molecule has 16 heavy (non-hydrogen) atoms. The van der Waals surface area contributed by atoms with E-state index in [0.717, 1.165) is 11.3 Å². The van der Waals surface area contributed by atoms with Crippen LogP contribution in [0.3, 0.4) is 0 Å². The topological polar surface area (TPSA) is 92.6 Å². The molecule has 5 heteroatoms. The van der Waals surface area contributed by atoms with Gasteiger partial charge in [0.1, 0.15) is 0 Å². The number of aryl methyl sites for hydroxylation is 1. The number of nitrogen functional groups attached to an aromatic ring is 1. The molecule has 0 spiro atoms. The van der Waals surface area contributed by atoms with Gasteiger partial charge in [-0.05, 0) is 37.6 Å². The molecule has 0 bridgehead atoms. The summed E-state index contributed by atoms with van der Waals surface area (Å²) in [5.41, 5.74) is 13.6. The highest BCUT2D eigenvalue weighted by molar-refractivity contribution is 5.77. The molecular weight excluding hydrogens is 206 g/mol. The Bertz CT molecular complexity index is 393. The molecule has 88 valence electrons. The lowest BCUT2D eigenvalue weighted by Gasteiger charge is -2.27. The predicted molar refractivity (Wildman–Crippen MR) is 64.2 cm³/mol. The lowest BCUT2D eigenvalue weighted by Crippen LogP contribution is -2.48. The monoisotopic (exact) mass is 223 g/mol. The Balaban J connectivity index is 3.04. The Morgan fingerprint density at radius 2 is 2.19 bits per heavy atom. The first-order valence-corrected chi connectivity index (χ1v) is 5.08. The van der Waals surface area contributed by atoms with Crippen molar-refractivity contribution in [3.63, 3.8) is 0 Å². The van der Waals surface area contributed by atoms with Crippen molar-refractivity contribution in [2.24, 2.45) is 5.73 Å². The van der Waals surface area contributed by atoms with Crippen LogP contribution in [0, 0.1) is 6.92 Å². The van der Waals surface area contributed by atoms with Gasteiger partial charge in [0.2, 0.25) is 0 Å². The van der Waals surface area contributed by atoms with Crippen molar-refractivity contribution in [2.45, 2.75) is 20.0 Å². The maximum atomic E-state index is 10.8. The fourth-order valence-corrected chi connectivity index (χ4v) is 1.51. The van der Waals surface area contributed by atoms with Crippen LogP contribution in [0.1, 0.15) is 12.5 Å². The summed E-state index contributed by atoms with van der Waals surface area (Å²) in [4.78, 5) is 12.4. The van der Waals surface area contributed by atoms with Crippen LogP contribution in [0.5, 0.6) is 0 Å². The van der Waals surface area contributed by atoms with E-state index in [1.54, 1.807) is 17.0 Å². The van der Waals surface area contributed by atoms with Gasteiger partial charge in [0, 0.05) is 17.9 Å². The average molecular weight is 223 g/mol. The minimum absolute atomic E-state index is 0.525. The fourth-order valence-electron chi connectivity index (χ4n) is 1.51. The Morgan fingerprint density at radius 3 is 2.62 bits per heavy atom. The van der Waals surface area contributed by atoms with Crippen molar-refractivity contribution in [1.82, 2.24) is 0 Å². The van der Waals surface area contributed by atoms with Gasteiger partial charge in [0.25, 0.3) is 0 Å². The Kier molecular flexibility index (Phi) is 3.73. The number of nitrogens with zero attached hydrogens (tertiary/aromatic N) is 1. The quantitative estimate of drug-likeness (QED) is 0.518. The maximum Gasteiger partial charge on any atom is 0.341 e. The Morgan fingerprint density at radius 1 is 1.56 bits per heavy atom. The van der Waals surface area contributed by atoms with E-state index in [-0.39, 0.29) is 0 Å². The summed E-state index contributed by atoms with van der Waals surface area (Å²) < 4.78 is 0. The third kappa shape index (κ3) is 2.43. The standard InChI is InChI=1S/C11H17N3O2/c1-3-14(10(13)11(15)16)8-4-5-9(12)7(2)6-8/h4-6,10H,3,12-13H2,1-2H3,(H,15,16). The number of hydrogen-bond acceptors (Lipinski definition) is 4. The summed E-state index contributed by atoms with van der Waals surface area (Å²) in [7, 11) is 0. The van der Waals surface area contributed by atoms with Crippen LogP contribution in [0.15, 0.2) is 18.2 Å². The number of likely N-dealkylation sites (N-methyl/N-ethyl adjacent to an activating group) is 1. The van der Waals surface area contributed by atoms with Crippen molar-refractivity contribution in [2.75, 3.05) is 17.2 Å². The number of nitrogens with two attached hydrogens (primary N) is 2. The molecule has 1 atom stereocenters. The molecule has 1 aromatic rings. The highest BCUT2D eigenvalue weighted by Gasteiger charge is 2.20. The molecule has 0 radical (unpaired) electrons. The van der Waals surface area contributed by atoms with Gasteiger partial charge in [-0.15, -0.1) is 0 Å². The molecule has 0 saturated heterocycles. The van der Waals surface area contributed by atoms with Gasteiger partial charge in [-0.3, -0.25) is 0 Å². The van der Waals surface area contributed by atoms with E-state index in [2.05, 4.69) is 0 Å². The number of carboxylic acids is 1. The van der Waals surface area contributed by atoms with Gasteiger partial charge in [0.05, 0.1) is 0 Å². The first-order valence-electron chi connectivity index (χ1n) is 5.08. The van der Waals surface area contributed by atoms with Gasteiger partial charge < -0.3 is 21.5 Å². The molecule has 1 aromatic carbocycles. The molecule has 0 aliphatic rings. The van der Waals surface area contributed by atoms with E-state index < -0.39 is 12.1 Å². The van der Waals surface area contributed by atoms with Crippen LogP contribution in [0.25, 0.3) is 0 Å². The van der Waals surface area contributed by atoms with Gasteiger partial charge in [0.15, 0.2) is 6.17 Å². The lowest BCUT2D eigenvalue weighted by atomic mass is 10.1. The number of rotatable bonds is 4. The van der Waals surface area contributed by atoms with Crippen LogP contribution in [0.4, 0.5) is 11.4 Å². The summed E-state index contributed by atoms with van der Waals surface area (Å²) in [5.74, 6) is -1.05. The van der Waals surface area contributed by atoms with Crippen LogP contribution < -0.4 is 16.4 Å². The summed E-state index contributed by atoms with van der Waals surface area (Å²) in [6.07, 6.45) is -1.03. The first kappa shape index (κ1) is 12.3. The molecule has 0 aliphatic carbocycles. The molecule has 5 nitrogen and oxygen atoms in total. The zero-order chi connectivity index (χ0) is 12.3. The van der Waals surface area contributed by atoms with Crippen LogP contribution >= 0.6 is 0 Å². The third-order valence-corrected chi connectivity index (χ3v) is 2.51. The van der Waals surface area contributed by atoms with Crippen LogP contribution in [0.2, 0.25) is 0 Å². The Labute approximate surface area is 94.7 Å². The van der Waals surface area contributed by atoms with E-state index in [9.17, 15) is 4.79 Å². The Hall–Kier alpha value is -1.75. The van der Waals surface area contributed by atoms with E-state index in [1.165, 1.54) is 0 Å². The SMILES string of the molecule is CCN(c1ccc(N)c(C)c1)C(N)C(=O)O. The predicted octanol–water partition coefficient (Wildman–Crippen LogP) is 0.773. The van der Waals surface area contributed by atoms with Crippen molar-refractivity contribution >= 4 is 17.3 Å². The van der Waals surface area contributed by atoms with Crippen molar-refractivity contribution in [3.8, 4) is 0 Å². The largest absolute Gasteiger partial charge is 0.479 e. The average Bonchev–Trinajstić information content (AvgIpc) is 2.24. The zero-order valence-corrected chi connectivity index (χ0v) is 9.47. The summed E-state index contributed by atoms with van der Waals surface area (Å²) >= 11 is 0. The number of carbonyl (C=O) groups is 1. The lowest BCUT2D eigenvalue weighted by molar-refractivity contribution is -0.138. The van der Waals surface area contributed by atoms with Crippen LogP contribution in [-0.4, -0.2) is 23.8 Å². The highest BCUT2D eigenvalue weighted by atomic mass is 16.4. The van der Waals surface area contributed by atoms with Crippen molar-refractivity contribution in [3.05, 3.63) is 23.8 Å². The molecular formula is C11H17N3O2. The van der Waals surface area contributed by atoms with Crippen LogP contribution in [-0.2, 0) is 4.79 Å². The molecule has 1 rings (SSSR count). The molecule has 0 heterocycles. The van der Waals surface area contributed by atoms with Gasteiger partial charge >= 0.3 is 5.97 Å². The first-order chi connectivity index (χ1) is 7.47. The minimum atomic E-state index is -1.05. The summed E-state index contributed by atoms with van der Waals surface area (Å²) in [5, 5.41) is 8.88. The van der Waals surface area contributed by atoms with E-state index in [1.807, 2.05) is 19.9 Å². The van der Waals surface area contributed by atoms with E-state index >= 15 is 0 Å². The summed E-state index contributed by atoms with van der Waals surface area (Å²) in [6, 6.07) is 5.36. The number of carboxylic acid groups (broad SMARTS) is 1. The third-order valence-electron chi connectivity index (χ3n) is 2.51. The van der Waals surface area contributed by atoms with Gasteiger partial charge in [-0.2, -0.15) is 0 Å². The second kappa shape index (κ2) is 4.85. The molecule has 0 fully saturated rings. The van der Waals surface area contributed by atoms with Crippen molar-refractivity contribution < 1.29 is 9.90 Å². The minimum Gasteiger partial charge on any atom is -0.479 e.